The van der Waals surface area contributed by atoms with Crippen molar-refractivity contribution in [1.29, 1.82) is 0 Å². The van der Waals surface area contributed by atoms with E-state index in [4.69, 9.17) is 9.84 Å². The van der Waals surface area contributed by atoms with Gasteiger partial charge in [0.2, 0.25) is 10.0 Å². The Morgan fingerprint density at radius 2 is 1.97 bits per heavy atom. The van der Waals surface area contributed by atoms with Crippen LogP contribution in [0.4, 0.5) is 4.39 Å². The number of carboxylic acid groups (broad SMARTS) is 1. The lowest BCUT2D eigenvalue weighted by Gasteiger charge is -2.27. The molecule has 3 aromatic rings. The van der Waals surface area contributed by atoms with Gasteiger partial charge in [0.05, 0.1) is 10.6 Å². The lowest BCUT2D eigenvalue weighted by atomic mass is 9.87. The van der Waals surface area contributed by atoms with Crippen molar-refractivity contribution < 1.29 is 27.4 Å². The van der Waals surface area contributed by atoms with Gasteiger partial charge in [-0.25, -0.2) is 22.3 Å². The minimum Gasteiger partial charge on any atom is -0.482 e. The van der Waals surface area contributed by atoms with E-state index in [1.54, 1.807) is 24.3 Å². The monoisotopic (exact) mass is 456 g/mol. The number of carboxylic acids is 1. The molecule has 0 fully saturated rings. The Labute approximate surface area is 184 Å². The van der Waals surface area contributed by atoms with Gasteiger partial charge in [0, 0.05) is 23.9 Å². The Hall–Kier alpha value is -3.30. The fraction of sp³-hybridized carbons (Fsp3) is 0.217. The van der Waals surface area contributed by atoms with Gasteiger partial charge in [0.15, 0.2) is 6.61 Å². The van der Waals surface area contributed by atoms with Crippen molar-refractivity contribution in [1.82, 2.24) is 9.71 Å². The number of hydrogen-bond donors (Lipinski definition) is 2. The van der Waals surface area contributed by atoms with Crippen LogP contribution in [0.2, 0.25) is 0 Å². The number of nitrogens with one attached hydrogen (secondary N) is 1. The van der Waals surface area contributed by atoms with Crippen molar-refractivity contribution in [3.8, 4) is 17.0 Å². The van der Waals surface area contributed by atoms with Crippen LogP contribution in [0.25, 0.3) is 11.3 Å². The number of aromatic nitrogens is 1. The normalized spacial score (nSPS) is 15.7. The van der Waals surface area contributed by atoms with E-state index in [0.717, 1.165) is 17.5 Å². The summed E-state index contributed by atoms with van der Waals surface area (Å²) in [5.74, 6) is -1.04. The molecule has 9 heteroatoms. The highest BCUT2D eigenvalue weighted by Gasteiger charge is 2.27. The van der Waals surface area contributed by atoms with Gasteiger partial charge in [-0.3, -0.25) is 4.98 Å². The number of benzene rings is 2. The molecule has 0 amide bonds. The smallest absolute Gasteiger partial charge is 0.341 e. The average molecular weight is 456 g/mol. The Balaban J connectivity index is 1.56. The van der Waals surface area contributed by atoms with Gasteiger partial charge in [-0.05, 0) is 54.7 Å². The summed E-state index contributed by atoms with van der Waals surface area (Å²) in [7, 11) is -3.83. The van der Waals surface area contributed by atoms with Crippen LogP contribution in [0, 0.1) is 5.82 Å². The predicted octanol–water partition coefficient (Wildman–Crippen LogP) is 3.71. The number of carbonyl (C=O) groups is 1. The molecule has 1 heterocycles. The fourth-order valence-electron chi connectivity index (χ4n) is 3.84. The first kappa shape index (κ1) is 21.9. The highest BCUT2D eigenvalue weighted by Crippen LogP contribution is 2.36. The van der Waals surface area contributed by atoms with Crippen molar-refractivity contribution in [3.63, 3.8) is 0 Å². The second-order valence-corrected chi connectivity index (χ2v) is 9.17. The van der Waals surface area contributed by atoms with Crippen molar-refractivity contribution in [2.24, 2.45) is 0 Å². The maximum Gasteiger partial charge on any atom is 0.341 e. The molecule has 2 aromatic carbocycles. The third kappa shape index (κ3) is 4.79. The van der Waals surface area contributed by atoms with Gasteiger partial charge in [-0.1, -0.05) is 24.3 Å². The zero-order chi connectivity index (χ0) is 22.7. The van der Waals surface area contributed by atoms with Gasteiger partial charge >= 0.3 is 5.97 Å². The molecule has 0 bridgehead atoms. The van der Waals surface area contributed by atoms with Crippen LogP contribution in [0.15, 0.2) is 65.7 Å². The summed E-state index contributed by atoms with van der Waals surface area (Å²) in [4.78, 5) is 15.0. The number of fused-ring (bicyclic) bond motifs is 1. The van der Waals surface area contributed by atoms with Crippen LogP contribution >= 0.6 is 0 Å². The fourth-order valence-corrected chi connectivity index (χ4v) is 5.08. The van der Waals surface area contributed by atoms with Gasteiger partial charge in [0.1, 0.15) is 11.6 Å². The summed E-state index contributed by atoms with van der Waals surface area (Å²) in [6, 6.07) is 13.4. The molecule has 7 nitrogen and oxygen atoms in total. The summed E-state index contributed by atoms with van der Waals surface area (Å²) in [6.45, 7) is -0.459. The van der Waals surface area contributed by atoms with Gasteiger partial charge in [-0.2, -0.15) is 0 Å². The maximum absolute atomic E-state index is 13.4. The van der Waals surface area contributed by atoms with Crippen molar-refractivity contribution in [2.45, 2.75) is 30.2 Å². The minimum absolute atomic E-state index is 0.0862. The largest absolute Gasteiger partial charge is 0.482 e. The summed E-state index contributed by atoms with van der Waals surface area (Å²) < 4.78 is 47.6. The zero-order valence-corrected chi connectivity index (χ0v) is 17.8. The van der Waals surface area contributed by atoms with Crippen LogP contribution in [-0.4, -0.2) is 31.1 Å². The molecule has 4 rings (SSSR count). The zero-order valence-electron chi connectivity index (χ0n) is 17.0. The first-order chi connectivity index (χ1) is 15.3. The van der Waals surface area contributed by atoms with Crippen LogP contribution in [0.1, 0.15) is 30.0 Å². The Morgan fingerprint density at radius 1 is 1.19 bits per heavy atom. The van der Waals surface area contributed by atoms with Crippen LogP contribution in [0.5, 0.6) is 5.75 Å². The van der Waals surface area contributed by atoms with Crippen LogP contribution < -0.4 is 9.46 Å². The summed E-state index contributed by atoms with van der Waals surface area (Å²) >= 11 is 0. The van der Waals surface area contributed by atoms with Crippen molar-refractivity contribution >= 4 is 16.0 Å². The van der Waals surface area contributed by atoms with E-state index in [1.165, 1.54) is 30.5 Å². The van der Waals surface area contributed by atoms with Crippen LogP contribution in [-0.2, 0) is 21.2 Å². The minimum atomic E-state index is -3.83. The Kier molecular flexibility index (Phi) is 6.20. The number of pyridine rings is 1. The van der Waals surface area contributed by atoms with E-state index in [9.17, 15) is 17.6 Å². The maximum atomic E-state index is 13.4. The molecule has 32 heavy (non-hydrogen) atoms. The number of nitrogens with zero attached hydrogens (tertiary/aromatic N) is 1. The van der Waals surface area contributed by atoms with E-state index >= 15 is 0 Å². The van der Waals surface area contributed by atoms with E-state index in [1.807, 2.05) is 6.07 Å². The van der Waals surface area contributed by atoms with Gasteiger partial charge < -0.3 is 9.84 Å². The van der Waals surface area contributed by atoms with Crippen molar-refractivity contribution in [3.05, 3.63) is 77.7 Å². The molecule has 1 unspecified atom stereocenters. The summed E-state index contributed by atoms with van der Waals surface area (Å²) in [5, 5.41) is 8.88. The number of ether oxygens (including phenoxy) is 1. The molecule has 0 saturated heterocycles. The number of halogens is 1. The molecule has 166 valence electrons. The molecule has 1 aromatic heterocycles. The number of hydrogen-bond acceptors (Lipinski definition) is 5. The highest BCUT2D eigenvalue weighted by atomic mass is 32.2. The molecule has 1 atom stereocenters. The molecule has 0 spiro atoms. The van der Waals surface area contributed by atoms with E-state index in [0.29, 0.717) is 29.8 Å². The molecule has 1 aliphatic carbocycles. The topological polar surface area (TPSA) is 106 Å². The number of rotatable bonds is 7. The lowest BCUT2D eigenvalue weighted by molar-refractivity contribution is -0.139. The second-order valence-electron chi connectivity index (χ2n) is 7.46. The molecule has 0 radical (unpaired) electrons. The first-order valence-electron chi connectivity index (χ1n) is 10.0. The van der Waals surface area contributed by atoms with Crippen molar-refractivity contribution in [2.75, 3.05) is 6.61 Å². The van der Waals surface area contributed by atoms with E-state index in [2.05, 4.69) is 9.71 Å². The first-order valence-corrected chi connectivity index (χ1v) is 11.5. The molecule has 1 aliphatic rings. The van der Waals surface area contributed by atoms with Gasteiger partial charge in [-0.15, -0.1) is 0 Å². The molecular weight excluding hydrogens is 435 g/mol. The van der Waals surface area contributed by atoms with E-state index < -0.39 is 34.5 Å². The third-order valence-electron chi connectivity index (χ3n) is 5.30. The molecular formula is C23H21FN2O5S. The number of aliphatic carboxylic acids is 1. The summed E-state index contributed by atoms with van der Waals surface area (Å²) in [5.41, 5.74) is 2.62. The third-order valence-corrected chi connectivity index (χ3v) is 6.78. The Morgan fingerprint density at radius 3 is 2.69 bits per heavy atom. The quantitative estimate of drug-likeness (QED) is 0.562. The highest BCUT2D eigenvalue weighted by molar-refractivity contribution is 7.89. The standard InChI is InChI=1S/C23H21FN2O5S/c24-16-11-12-25-21(13-16)15-7-9-17(10-8-15)32(29,30)26-20-5-1-4-19-18(20)3-2-6-22(19)31-14-23(27)28/h2-3,6-13,20,26H,1,4-5,14H2,(H,27,28). The van der Waals surface area contributed by atoms with Gasteiger partial charge in [0.25, 0.3) is 0 Å². The lowest BCUT2D eigenvalue weighted by Crippen LogP contribution is -2.31. The summed E-state index contributed by atoms with van der Waals surface area (Å²) in [6.07, 6.45) is 3.38. The SMILES string of the molecule is O=C(O)COc1cccc2c1CCCC2NS(=O)(=O)c1ccc(-c2cc(F)ccn2)cc1. The average Bonchev–Trinajstić information content (AvgIpc) is 2.78. The van der Waals surface area contributed by atoms with Crippen LogP contribution in [0.3, 0.4) is 0 Å². The predicted molar refractivity (Wildman–Crippen MR) is 115 cm³/mol. The molecule has 0 saturated carbocycles. The molecule has 2 N–H and O–H groups in total. The van der Waals surface area contributed by atoms with E-state index in [-0.39, 0.29) is 4.90 Å². The molecule has 0 aliphatic heterocycles. The second kappa shape index (κ2) is 9.05. The Bertz CT molecular complexity index is 1250. The number of sulfonamides is 1.